The molecule has 6 heteroatoms. The highest BCUT2D eigenvalue weighted by molar-refractivity contribution is 5.74. The molecule has 0 aliphatic carbocycles. The van der Waals surface area contributed by atoms with Crippen LogP contribution in [0.2, 0.25) is 0 Å². The van der Waals surface area contributed by atoms with Crippen LogP contribution in [0.5, 0.6) is 5.75 Å². The highest BCUT2D eigenvalue weighted by Crippen LogP contribution is 2.19. The largest absolute Gasteiger partial charge is 0.435 e. The van der Waals surface area contributed by atoms with Crippen LogP contribution in [-0.4, -0.2) is 24.1 Å². The van der Waals surface area contributed by atoms with Crippen molar-refractivity contribution in [3.8, 4) is 5.75 Å². The van der Waals surface area contributed by atoms with Gasteiger partial charge in [0, 0.05) is 19.6 Å². The Morgan fingerprint density at radius 1 is 1.17 bits per heavy atom. The van der Waals surface area contributed by atoms with Gasteiger partial charge in [-0.2, -0.15) is 8.78 Å². The molecule has 1 aliphatic rings. The van der Waals surface area contributed by atoms with Crippen LogP contribution in [0.25, 0.3) is 0 Å². The molecular weight excluding hydrogens is 314 g/mol. The third kappa shape index (κ3) is 4.01. The predicted molar refractivity (Wildman–Crippen MR) is 85.9 cm³/mol. The number of rotatable bonds is 4. The topological polar surface area (TPSA) is 41.6 Å². The molecule has 0 atom stereocenters. The maximum Gasteiger partial charge on any atom is 0.387 e. The lowest BCUT2D eigenvalue weighted by molar-refractivity contribution is -0.0498. The van der Waals surface area contributed by atoms with Gasteiger partial charge in [0.25, 0.3) is 0 Å². The van der Waals surface area contributed by atoms with Gasteiger partial charge in [0.05, 0.1) is 0 Å². The third-order valence-corrected chi connectivity index (χ3v) is 3.99. The van der Waals surface area contributed by atoms with E-state index >= 15 is 0 Å². The summed E-state index contributed by atoms with van der Waals surface area (Å²) in [6, 6.07) is 14.2. The minimum atomic E-state index is -2.86. The van der Waals surface area contributed by atoms with Gasteiger partial charge in [-0.05, 0) is 35.2 Å². The number of ether oxygens (including phenoxy) is 1. The number of carbonyl (C=O) groups is 1. The van der Waals surface area contributed by atoms with Crippen LogP contribution in [0, 0.1) is 0 Å². The molecule has 1 aliphatic heterocycles. The van der Waals surface area contributed by atoms with Crippen LogP contribution in [0.1, 0.15) is 16.7 Å². The number of urea groups is 1. The Bertz CT molecular complexity index is 722. The third-order valence-electron chi connectivity index (χ3n) is 3.99. The van der Waals surface area contributed by atoms with Gasteiger partial charge in [0.2, 0.25) is 0 Å². The molecular formula is C18H18F2N2O2. The zero-order chi connectivity index (χ0) is 16.9. The number of nitrogens with one attached hydrogen (secondary N) is 1. The summed E-state index contributed by atoms with van der Waals surface area (Å²) in [7, 11) is 0. The smallest absolute Gasteiger partial charge is 0.387 e. The van der Waals surface area contributed by atoms with Crippen molar-refractivity contribution in [3.05, 3.63) is 65.2 Å². The number of nitrogens with zero attached hydrogens (tertiary/aromatic N) is 1. The minimum absolute atomic E-state index is 0.0867. The normalized spacial score (nSPS) is 13.5. The molecule has 2 aromatic rings. The van der Waals surface area contributed by atoms with Crippen LogP contribution < -0.4 is 10.1 Å². The number of fused-ring (bicyclic) bond motifs is 1. The summed E-state index contributed by atoms with van der Waals surface area (Å²) in [5.41, 5.74) is 3.14. The van der Waals surface area contributed by atoms with E-state index in [1.807, 2.05) is 18.2 Å². The predicted octanol–water partition coefficient (Wildman–Crippen LogP) is 3.56. The molecule has 24 heavy (non-hydrogen) atoms. The maximum absolute atomic E-state index is 12.3. The second-order valence-corrected chi connectivity index (χ2v) is 5.62. The number of halogens is 2. The molecule has 0 saturated carbocycles. The molecule has 0 unspecified atom stereocenters. The van der Waals surface area contributed by atoms with Crippen molar-refractivity contribution < 1.29 is 18.3 Å². The standard InChI is InChI=1S/C18H18F2N2O2/c19-17(20)24-16-7-3-4-13(10-16)11-21-18(23)22-9-8-14-5-1-2-6-15(14)12-22/h1-7,10,17H,8-9,11-12H2,(H,21,23). The zero-order valence-corrected chi connectivity index (χ0v) is 13.0. The Morgan fingerprint density at radius 2 is 1.96 bits per heavy atom. The summed E-state index contributed by atoms with van der Waals surface area (Å²) in [5.74, 6) is 0.0867. The van der Waals surface area contributed by atoms with Gasteiger partial charge < -0.3 is 15.0 Å². The van der Waals surface area contributed by atoms with Gasteiger partial charge in [-0.25, -0.2) is 4.79 Å². The van der Waals surface area contributed by atoms with E-state index in [4.69, 9.17) is 0 Å². The minimum Gasteiger partial charge on any atom is -0.435 e. The first-order valence-electron chi connectivity index (χ1n) is 7.75. The number of hydrogen-bond donors (Lipinski definition) is 1. The molecule has 0 aromatic heterocycles. The van der Waals surface area contributed by atoms with E-state index in [0.29, 0.717) is 18.7 Å². The SMILES string of the molecule is O=C(NCc1cccc(OC(F)F)c1)N1CCc2ccccc2C1. The fourth-order valence-corrected chi connectivity index (χ4v) is 2.79. The second kappa shape index (κ2) is 7.29. The van der Waals surface area contributed by atoms with Gasteiger partial charge >= 0.3 is 12.6 Å². The zero-order valence-electron chi connectivity index (χ0n) is 13.0. The van der Waals surface area contributed by atoms with Crippen molar-refractivity contribution in [1.82, 2.24) is 10.2 Å². The van der Waals surface area contributed by atoms with Crippen molar-refractivity contribution >= 4 is 6.03 Å². The van der Waals surface area contributed by atoms with Crippen molar-refractivity contribution in [2.24, 2.45) is 0 Å². The molecule has 2 aromatic carbocycles. The number of alkyl halides is 2. The Labute approximate surface area is 139 Å². The summed E-state index contributed by atoms with van der Waals surface area (Å²) < 4.78 is 28.8. The molecule has 0 fully saturated rings. The first-order chi connectivity index (χ1) is 11.6. The van der Waals surface area contributed by atoms with Crippen molar-refractivity contribution in [2.45, 2.75) is 26.1 Å². The van der Waals surface area contributed by atoms with Crippen LogP contribution in [-0.2, 0) is 19.5 Å². The Kier molecular flexibility index (Phi) is 4.93. The molecule has 0 bridgehead atoms. The maximum atomic E-state index is 12.3. The molecule has 0 radical (unpaired) electrons. The van der Waals surface area contributed by atoms with E-state index in [0.717, 1.165) is 12.0 Å². The van der Waals surface area contributed by atoms with Gasteiger partial charge in [0.15, 0.2) is 0 Å². The summed E-state index contributed by atoms with van der Waals surface area (Å²) >= 11 is 0. The highest BCUT2D eigenvalue weighted by Gasteiger charge is 2.19. The molecule has 1 N–H and O–H groups in total. The van der Waals surface area contributed by atoms with Crippen LogP contribution in [0.3, 0.4) is 0 Å². The summed E-state index contributed by atoms with van der Waals surface area (Å²) in [4.78, 5) is 14.1. The molecule has 126 valence electrons. The Hall–Kier alpha value is -2.63. The first-order valence-corrected chi connectivity index (χ1v) is 7.75. The van der Waals surface area contributed by atoms with E-state index in [1.165, 1.54) is 17.7 Å². The van der Waals surface area contributed by atoms with Gasteiger partial charge in [0.1, 0.15) is 5.75 Å². The lowest BCUT2D eigenvalue weighted by Crippen LogP contribution is -2.42. The molecule has 4 nitrogen and oxygen atoms in total. The average Bonchev–Trinajstić information content (AvgIpc) is 2.59. The fourth-order valence-electron chi connectivity index (χ4n) is 2.79. The second-order valence-electron chi connectivity index (χ2n) is 5.62. The summed E-state index contributed by atoms with van der Waals surface area (Å²) in [6.07, 6.45) is 0.835. The van der Waals surface area contributed by atoms with Crippen LogP contribution in [0.15, 0.2) is 48.5 Å². The number of amides is 2. The van der Waals surface area contributed by atoms with Crippen molar-refractivity contribution in [1.29, 1.82) is 0 Å². The molecule has 0 saturated heterocycles. The lowest BCUT2D eigenvalue weighted by Gasteiger charge is -2.29. The first kappa shape index (κ1) is 16.2. The summed E-state index contributed by atoms with van der Waals surface area (Å²) in [6.45, 7) is -1.35. The van der Waals surface area contributed by atoms with E-state index in [9.17, 15) is 13.6 Å². The molecule has 1 heterocycles. The Morgan fingerprint density at radius 3 is 2.75 bits per heavy atom. The van der Waals surface area contributed by atoms with Crippen molar-refractivity contribution in [2.75, 3.05) is 6.54 Å². The highest BCUT2D eigenvalue weighted by atomic mass is 19.3. The monoisotopic (exact) mass is 332 g/mol. The quantitative estimate of drug-likeness (QED) is 0.930. The number of hydrogen-bond acceptors (Lipinski definition) is 2. The van der Waals surface area contributed by atoms with E-state index < -0.39 is 6.61 Å². The average molecular weight is 332 g/mol. The van der Waals surface area contributed by atoms with E-state index in [2.05, 4.69) is 16.1 Å². The Balaban J connectivity index is 1.56. The number of carbonyl (C=O) groups excluding carboxylic acids is 1. The van der Waals surface area contributed by atoms with Crippen LogP contribution >= 0.6 is 0 Å². The number of benzene rings is 2. The molecule has 0 spiro atoms. The molecule has 2 amide bonds. The van der Waals surface area contributed by atoms with E-state index in [-0.39, 0.29) is 18.3 Å². The van der Waals surface area contributed by atoms with E-state index in [1.54, 1.807) is 17.0 Å². The van der Waals surface area contributed by atoms with Gasteiger partial charge in [-0.3, -0.25) is 0 Å². The fraction of sp³-hybridized carbons (Fsp3) is 0.278. The van der Waals surface area contributed by atoms with Crippen LogP contribution in [0.4, 0.5) is 13.6 Å². The van der Waals surface area contributed by atoms with Gasteiger partial charge in [-0.15, -0.1) is 0 Å². The lowest BCUT2D eigenvalue weighted by atomic mass is 10.0. The van der Waals surface area contributed by atoms with Gasteiger partial charge in [-0.1, -0.05) is 36.4 Å². The summed E-state index contributed by atoms with van der Waals surface area (Å²) in [5, 5.41) is 2.82. The molecule has 3 rings (SSSR count). The van der Waals surface area contributed by atoms with Crippen molar-refractivity contribution in [3.63, 3.8) is 0 Å².